The predicted octanol–water partition coefficient (Wildman–Crippen LogP) is 7.17. The van der Waals surface area contributed by atoms with E-state index in [0.29, 0.717) is 50.0 Å². The second-order valence-corrected chi connectivity index (χ2v) is 8.67. The first kappa shape index (κ1) is 21.8. The molecule has 0 atom stereocenters. The quantitative estimate of drug-likeness (QED) is 0.263. The van der Waals surface area contributed by atoms with E-state index >= 15 is 0 Å². The van der Waals surface area contributed by atoms with Crippen LogP contribution >= 0.6 is 11.6 Å². The van der Waals surface area contributed by atoms with Crippen LogP contribution in [0, 0.1) is 0 Å². The Morgan fingerprint density at radius 1 is 0.778 bits per heavy atom. The predicted molar refractivity (Wildman–Crippen MR) is 140 cm³/mol. The molecular weight excluding hydrogens is 476 g/mol. The SMILES string of the molecule is O=C(Nc1ccc2oc(-c3cccc(Cl)c3)nc2c1)c1cccc(-c2cc3ccccc3oc2=O)c1. The van der Waals surface area contributed by atoms with Crippen molar-refractivity contribution in [3.8, 4) is 22.6 Å². The molecule has 1 N–H and O–H groups in total. The number of nitrogens with one attached hydrogen (secondary N) is 1. The molecule has 6 nitrogen and oxygen atoms in total. The molecule has 0 aliphatic rings. The molecule has 174 valence electrons. The Morgan fingerprint density at radius 2 is 1.61 bits per heavy atom. The number of para-hydroxylation sites is 1. The van der Waals surface area contributed by atoms with Crippen LogP contribution < -0.4 is 10.9 Å². The maximum Gasteiger partial charge on any atom is 0.344 e. The first-order valence-electron chi connectivity index (χ1n) is 11.1. The van der Waals surface area contributed by atoms with Gasteiger partial charge < -0.3 is 14.2 Å². The largest absolute Gasteiger partial charge is 0.436 e. The number of hydrogen-bond acceptors (Lipinski definition) is 5. The molecule has 0 unspecified atom stereocenters. The summed E-state index contributed by atoms with van der Waals surface area (Å²) in [6.45, 7) is 0. The number of hydrogen-bond donors (Lipinski definition) is 1. The van der Waals surface area contributed by atoms with Gasteiger partial charge >= 0.3 is 5.63 Å². The van der Waals surface area contributed by atoms with Crippen LogP contribution in [0.15, 0.2) is 111 Å². The van der Waals surface area contributed by atoms with Crippen LogP contribution in [0.3, 0.4) is 0 Å². The van der Waals surface area contributed by atoms with E-state index in [4.69, 9.17) is 20.4 Å². The van der Waals surface area contributed by atoms with Crippen molar-refractivity contribution < 1.29 is 13.6 Å². The molecule has 2 aromatic heterocycles. The summed E-state index contributed by atoms with van der Waals surface area (Å²) in [7, 11) is 0. The van der Waals surface area contributed by atoms with Crippen LogP contribution in [0.25, 0.3) is 44.7 Å². The Bertz CT molecular complexity index is 1840. The molecule has 36 heavy (non-hydrogen) atoms. The van der Waals surface area contributed by atoms with E-state index in [0.717, 1.165) is 10.9 Å². The Balaban J connectivity index is 1.28. The first-order valence-corrected chi connectivity index (χ1v) is 11.5. The van der Waals surface area contributed by atoms with Gasteiger partial charge in [0.2, 0.25) is 5.89 Å². The summed E-state index contributed by atoms with van der Waals surface area (Å²) in [5.41, 5.74) is 3.97. The van der Waals surface area contributed by atoms with Gasteiger partial charge in [-0.1, -0.05) is 48.0 Å². The molecule has 2 heterocycles. The summed E-state index contributed by atoms with van der Waals surface area (Å²) >= 11 is 6.08. The third-order valence-electron chi connectivity index (χ3n) is 5.79. The summed E-state index contributed by atoms with van der Waals surface area (Å²) in [6, 6.07) is 28.4. The van der Waals surface area contributed by atoms with Gasteiger partial charge in [-0.25, -0.2) is 9.78 Å². The van der Waals surface area contributed by atoms with Crippen molar-refractivity contribution in [3.63, 3.8) is 0 Å². The Kier molecular flexibility index (Phi) is 5.36. The number of carbonyl (C=O) groups is 1. The summed E-state index contributed by atoms with van der Waals surface area (Å²) in [6.07, 6.45) is 0. The molecule has 6 aromatic rings. The molecule has 1 amide bonds. The zero-order valence-electron chi connectivity index (χ0n) is 18.7. The van der Waals surface area contributed by atoms with Crippen molar-refractivity contribution in [1.29, 1.82) is 0 Å². The number of anilines is 1. The molecule has 0 bridgehead atoms. The van der Waals surface area contributed by atoms with E-state index in [-0.39, 0.29) is 5.91 Å². The third kappa shape index (κ3) is 4.15. The van der Waals surface area contributed by atoms with E-state index in [1.54, 1.807) is 66.7 Å². The van der Waals surface area contributed by atoms with Gasteiger partial charge in [0, 0.05) is 27.2 Å². The molecule has 0 aliphatic carbocycles. The fourth-order valence-electron chi connectivity index (χ4n) is 4.04. The molecule has 0 spiro atoms. The first-order chi connectivity index (χ1) is 17.5. The average Bonchev–Trinajstić information content (AvgIpc) is 3.32. The average molecular weight is 493 g/mol. The number of benzene rings is 4. The highest BCUT2D eigenvalue weighted by Crippen LogP contribution is 2.28. The highest BCUT2D eigenvalue weighted by atomic mass is 35.5. The zero-order chi connectivity index (χ0) is 24.6. The van der Waals surface area contributed by atoms with Gasteiger partial charge in [-0.05, 0) is 66.2 Å². The Hall–Kier alpha value is -4.68. The van der Waals surface area contributed by atoms with Crippen LogP contribution in [0.2, 0.25) is 5.02 Å². The standard InChI is InChI=1S/C29H17ClN2O4/c30-21-9-4-8-20(14-21)28-32-24-16-22(11-12-26(24)35-28)31-27(33)19-7-3-6-17(13-19)23-15-18-5-1-2-10-25(18)36-29(23)34/h1-16H,(H,31,33). The number of amides is 1. The third-order valence-corrected chi connectivity index (χ3v) is 6.03. The number of fused-ring (bicyclic) bond motifs is 2. The molecule has 4 aromatic carbocycles. The Labute approximate surface area is 209 Å². The van der Waals surface area contributed by atoms with Crippen LogP contribution in [0.1, 0.15) is 10.4 Å². The Morgan fingerprint density at radius 3 is 2.50 bits per heavy atom. The maximum atomic E-state index is 13.0. The molecule has 0 fully saturated rings. The number of halogens is 1. The fourth-order valence-corrected chi connectivity index (χ4v) is 4.23. The summed E-state index contributed by atoms with van der Waals surface area (Å²) in [5.74, 6) is 0.123. The second kappa shape index (κ2) is 8.83. The monoisotopic (exact) mass is 492 g/mol. The number of rotatable bonds is 4. The van der Waals surface area contributed by atoms with Crippen molar-refractivity contribution in [3.05, 3.63) is 118 Å². The minimum absolute atomic E-state index is 0.320. The minimum Gasteiger partial charge on any atom is -0.436 e. The van der Waals surface area contributed by atoms with Gasteiger partial charge in [0.05, 0.1) is 5.56 Å². The van der Waals surface area contributed by atoms with Crippen LogP contribution in [0.5, 0.6) is 0 Å². The van der Waals surface area contributed by atoms with Gasteiger partial charge in [0.1, 0.15) is 11.1 Å². The van der Waals surface area contributed by atoms with E-state index in [1.165, 1.54) is 0 Å². The highest BCUT2D eigenvalue weighted by molar-refractivity contribution is 6.30. The number of aromatic nitrogens is 1. The van der Waals surface area contributed by atoms with Gasteiger partial charge in [-0.3, -0.25) is 4.79 Å². The van der Waals surface area contributed by atoms with Crippen molar-refractivity contribution in [1.82, 2.24) is 4.98 Å². The molecule has 0 saturated heterocycles. The van der Waals surface area contributed by atoms with E-state index in [1.807, 2.05) is 30.3 Å². The molecule has 0 aliphatic heterocycles. The van der Waals surface area contributed by atoms with Crippen LogP contribution in [-0.2, 0) is 0 Å². The topological polar surface area (TPSA) is 85.3 Å². The van der Waals surface area contributed by atoms with Gasteiger partial charge in [0.25, 0.3) is 5.91 Å². The lowest BCUT2D eigenvalue weighted by Gasteiger charge is -2.07. The maximum absolute atomic E-state index is 13.0. The molecule has 7 heteroatoms. The van der Waals surface area contributed by atoms with Crippen molar-refractivity contribution in [2.45, 2.75) is 0 Å². The summed E-state index contributed by atoms with van der Waals surface area (Å²) < 4.78 is 11.3. The van der Waals surface area contributed by atoms with Crippen LogP contribution in [-0.4, -0.2) is 10.9 Å². The molecule has 0 radical (unpaired) electrons. The van der Waals surface area contributed by atoms with Crippen molar-refractivity contribution >= 4 is 45.3 Å². The number of oxazole rings is 1. The minimum atomic E-state index is -0.460. The van der Waals surface area contributed by atoms with Crippen molar-refractivity contribution in [2.75, 3.05) is 5.32 Å². The van der Waals surface area contributed by atoms with Gasteiger partial charge in [-0.2, -0.15) is 0 Å². The summed E-state index contributed by atoms with van der Waals surface area (Å²) in [5, 5.41) is 4.28. The highest BCUT2D eigenvalue weighted by Gasteiger charge is 2.14. The molecule has 6 rings (SSSR count). The number of nitrogens with zero attached hydrogens (tertiary/aromatic N) is 1. The lowest BCUT2D eigenvalue weighted by Crippen LogP contribution is -2.12. The van der Waals surface area contributed by atoms with E-state index < -0.39 is 5.63 Å². The molecular formula is C29H17ClN2O4. The normalized spacial score (nSPS) is 11.1. The van der Waals surface area contributed by atoms with E-state index in [2.05, 4.69) is 10.3 Å². The van der Waals surface area contributed by atoms with E-state index in [9.17, 15) is 9.59 Å². The summed E-state index contributed by atoms with van der Waals surface area (Å²) in [4.78, 5) is 30.1. The lowest BCUT2D eigenvalue weighted by atomic mass is 10.0. The molecule has 0 saturated carbocycles. The second-order valence-electron chi connectivity index (χ2n) is 8.23. The zero-order valence-corrected chi connectivity index (χ0v) is 19.5. The fraction of sp³-hybridized carbons (Fsp3) is 0. The lowest BCUT2D eigenvalue weighted by molar-refractivity contribution is 0.102. The smallest absolute Gasteiger partial charge is 0.344 e. The number of carbonyl (C=O) groups excluding carboxylic acids is 1. The van der Waals surface area contributed by atoms with Gasteiger partial charge in [-0.15, -0.1) is 0 Å². The van der Waals surface area contributed by atoms with Crippen LogP contribution in [0.4, 0.5) is 5.69 Å². The van der Waals surface area contributed by atoms with Gasteiger partial charge in [0.15, 0.2) is 5.58 Å². The van der Waals surface area contributed by atoms with Crippen molar-refractivity contribution in [2.24, 2.45) is 0 Å².